The molecule has 0 bridgehead atoms. The predicted octanol–water partition coefficient (Wildman–Crippen LogP) is 4.44. The van der Waals surface area contributed by atoms with Crippen LogP contribution in [0.1, 0.15) is 13.8 Å². The van der Waals surface area contributed by atoms with Crippen LogP contribution in [0.5, 0.6) is 11.5 Å². The van der Waals surface area contributed by atoms with Gasteiger partial charge >= 0.3 is 0 Å². The summed E-state index contributed by atoms with van der Waals surface area (Å²) in [4.78, 5) is 0. The summed E-state index contributed by atoms with van der Waals surface area (Å²) in [5.74, 6) is 1.85. The molecule has 0 fully saturated rings. The van der Waals surface area contributed by atoms with Gasteiger partial charge in [-0.2, -0.15) is 5.26 Å². The van der Waals surface area contributed by atoms with E-state index in [1.54, 1.807) is 0 Å². The van der Waals surface area contributed by atoms with Gasteiger partial charge in [0.2, 0.25) is 0 Å². The molecule has 0 aliphatic heterocycles. The number of nitrogens with zero attached hydrogens (tertiary/aromatic N) is 1. The topological polar surface area (TPSA) is 45.0 Å². The minimum Gasteiger partial charge on any atom is -0.457 e. The van der Waals surface area contributed by atoms with Crippen LogP contribution in [-0.4, -0.2) is 6.04 Å². The molecule has 3 nitrogen and oxygen atoms in total. The smallest absolute Gasteiger partial charge is 0.127 e. The van der Waals surface area contributed by atoms with Gasteiger partial charge < -0.3 is 10.1 Å². The van der Waals surface area contributed by atoms with Crippen molar-refractivity contribution in [3.8, 4) is 17.6 Å². The fourth-order valence-corrected chi connectivity index (χ4v) is 1.77. The Balaban J connectivity index is 2.02. The van der Waals surface area contributed by atoms with Crippen LogP contribution in [0.4, 0.5) is 5.69 Å². The number of anilines is 1. The molecular weight excluding hydrogens is 248 g/mol. The number of nitrogens with one attached hydrogen (secondary N) is 1. The minimum atomic E-state index is -0.184. The molecule has 0 spiro atoms. The van der Waals surface area contributed by atoms with Gasteiger partial charge in [-0.1, -0.05) is 32.0 Å². The van der Waals surface area contributed by atoms with E-state index in [-0.39, 0.29) is 12.0 Å². The third kappa shape index (κ3) is 3.76. The van der Waals surface area contributed by atoms with E-state index in [4.69, 9.17) is 10.00 Å². The average Bonchev–Trinajstić information content (AvgIpc) is 2.47. The molecule has 2 rings (SSSR count). The van der Waals surface area contributed by atoms with Crippen LogP contribution in [-0.2, 0) is 0 Å². The van der Waals surface area contributed by atoms with E-state index in [9.17, 15) is 0 Å². The molecule has 0 heterocycles. The van der Waals surface area contributed by atoms with Gasteiger partial charge in [0.15, 0.2) is 0 Å². The maximum Gasteiger partial charge on any atom is 0.127 e. The summed E-state index contributed by atoms with van der Waals surface area (Å²) in [5, 5.41) is 12.3. The molecule has 0 saturated carbocycles. The van der Waals surface area contributed by atoms with Gasteiger partial charge in [0.05, 0.1) is 6.07 Å². The normalized spacial score (nSPS) is 11.7. The highest BCUT2D eigenvalue weighted by atomic mass is 16.5. The summed E-state index contributed by atoms with van der Waals surface area (Å²) < 4.78 is 5.72. The molecule has 1 atom stereocenters. The third-order valence-electron chi connectivity index (χ3n) is 2.96. The largest absolute Gasteiger partial charge is 0.457 e. The van der Waals surface area contributed by atoms with Crippen LogP contribution in [0.2, 0.25) is 0 Å². The number of para-hydroxylation sites is 1. The van der Waals surface area contributed by atoms with Crippen molar-refractivity contribution < 1.29 is 4.74 Å². The van der Waals surface area contributed by atoms with Gasteiger partial charge in [0.1, 0.15) is 17.5 Å². The first kappa shape index (κ1) is 14.0. The highest BCUT2D eigenvalue weighted by Gasteiger charge is 2.11. The van der Waals surface area contributed by atoms with Gasteiger partial charge in [-0.25, -0.2) is 0 Å². The molecule has 0 saturated heterocycles. The monoisotopic (exact) mass is 266 g/mol. The van der Waals surface area contributed by atoms with E-state index < -0.39 is 0 Å². The van der Waals surface area contributed by atoms with E-state index in [1.165, 1.54) is 0 Å². The molecular formula is C17H18N2O. The van der Waals surface area contributed by atoms with Crippen molar-refractivity contribution in [3.05, 3.63) is 54.6 Å². The Kier molecular flexibility index (Phi) is 4.62. The second kappa shape index (κ2) is 6.63. The van der Waals surface area contributed by atoms with Crippen molar-refractivity contribution in [3.63, 3.8) is 0 Å². The van der Waals surface area contributed by atoms with Gasteiger partial charge in [-0.15, -0.1) is 0 Å². The average molecular weight is 266 g/mol. The summed E-state index contributed by atoms with van der Waals surface area (Å²) in [7, 11) is 0. The number of benzene rings is 2. The SMILES string of the molecule is CC(C)C(C#N)Nc1ccc(Oc2ccccc2)cc1. The molecule has 2 aromatic rings. The first-order chi connectivity index (χ1) is 9.69. The maximum absolute atomic E-state index is 9.07. The number of rotatable bonds is 5. The zero-order chi connectivity index (χ0) is 14.4. The van der Waals surface area contributed by atoms with E-state index >= 15 is 0 Å². The molecule has 2 aromatic carbocycles. The molecule has 20 heavy (non-hydrogen) atoms. The van der Waals surface area contributed by atoms with Gasteiger partial charge in [-0.3, -0.25) is 0 Å². The Hall–Kier alpha value is -2.47. The fraction of sp³-hybridized carbons (Fsp3) is 0.235. The molecule has 1 unspecified atom stereocenters. The van der Waals surface area contributed by atoms with Crippen molar-refractivity contribution in [2.45, 2.75) is 19.9 Å². The lowest BCUT2D eigenvalue weighted by Gasteiger charge is -2.16. The molecule has 0 aromatic heterocycles. The quantitative estimate of drug-likeness (QED) is 0.870. The highest BCUT2D eigenvalue weighted by Crippen LogP contribution is 2.23. The number of ether oxygens (including phenoxy) is 1. The summed E-state index contributed by atoms with van der Waals surface area (Å²) >= 11 is 0. The van der Waals surface area contributed by atoms with Crippen molar-refractivity contribution in [1.29, 1.82) is 5.26 Å². The lowest BCUT2D eigenvalue weighted by molar-refractivity contribution is 0.482. The standard InChI is InChI=1S/C17H18N2O/c1-13(2)17(12-18)19-14-8-10-16(11-9-14)20-15-6-4-3-5-7-15/h3-11,13,17,19H,1-2H3. The molecule has 3 heteroatoms. The molecule has 102 valence electrons. The molecule has 1 N–H and O–H groups in total. The molecule has 0 amide bonds. The third-order valence-corrected chi connectivity index (χ3v) is 2.96. The summed E-state index contributed by atoms with van der Waals surface area (Å²) in [5.41, 5.74) is 0.922. The zero-order valence-electron chi connectivity index (χ0n) is 11.7. The summed E-state index contributed by atoms with van der Waals surface area (Å²) in [6.07, 6.45) is 0. The first-order valence-electron chi connectivity index (χ1n) is 6.68. The first-order valence-corrected chi connectivity index (χ1v) is 6.68. The van der Waals surface area contributed by atoms with Crippen LogP contribution >= 0.6 is 0 Å². The van der Waals surface area contributed by atoms with E-state index in [2.05, 4.69) is 11.4 Å². The second-order valence-corrected chi connectivity index (χ2v) is 4.93. The maximum atomic E-state index is 9.07. The van der Waals surface area contributed by atoms with Crippen LogP contribution < -0.4 is 10.1 Å². The number of hydrogen-bond donors (Lipinski definition) is 1. The molecule has 0 aliphatic rings. The minimum absolute atomic E-state index is 0.184. The van der Waals surface area contributed by atoms with E-state index in [0.717, 1.165) is 17.2 Å². The van der Waals surface area contributed by atoms with Crippen LogP contribution in [0.25, 0.3) is 0 Å². The fourth-order valence-electron chi connectivity index (χ4n) is 1.77. The lowest BCUT2D eigenvalue weighted by atomic mass is 10.1. The predicted molar refractivity (Wildman–Crippen MR) is 80.8 cm³/mol. The Labute approximate surface area is 119 Å². The highest BCUT2D eigenvalue weighted by molar-refractivity contribution is 5.48. The van der Waals surface area contributed by atoms with Crippen molar-refractivity contribution in [2.24, 2.45) is 5.92 Å². The summed E-state index contributed by atoms with van der Waals surface area (Å²) in [6, 6.07) is 19.4. The van der Waals surface area contributed by atoms with Crippen LogP contribution in [0.15, 0.2) is 54.6 Å². The van der Waals surface area contributed by atoms with Gasteiger partial charge in [-0.05, 0) is 42.3 Å². The van der Waals surface area contributed by atoms with Gasteiger partial charge in [0.25, 0.3) is 0 Å². The zero-order valence-corrected chi connectivity index (χ0v) is 11.7. The van der Waals surface area contributed by atoms with Crippen molar-refractivity contribution >= 4 is 5.69 Å². The number of nitriles is 1. The lowest BCUT2D eigenvalue weighted by Crippen LogP contribution is -2.23. The van der Waals surface area contributed by atoms with Crippen molar-refractivity contribution in [1.82, 2.24) is 0 Å². The van der Waals surface area contributed by atoms with Crippen molar-refractivity contribution in [2.75, 3.05) is 5.32 Å². The summed E-state index contributed by atoms with van der Waals surface area (Å²) in [6.45, 7) is 4.04. The molecule has 0 aliphatic carbocycles. The van der Waals surface area contributed by atoms with Crippen LogP contribution in [0, 0.1) is 17.2 Å². The van der Waals surface area contributed by atoms with E-state index in [0.29, 0.717) is 0 Å². The molecule has 0 radical (unpaired) electrons. The second-order valence-electron chi connectivity index (χ2n) is 4.93. The van der Waals surface area contributed by atoms with Gasteiger partial charge in [0, 0.05) is 5.69 Å². The van der Waals surface area contributed by atoms with Crippen LogP contribution in [0.3, 0.4) is 0 Å². The van der Waals surface area contributed by atoms with E-state index in [1.807, 2.05) is 68.4 Å². The Morgan fingerprint density at radius 1 is 0.950 bits per heavy atom. The Morgan fingerprint density at radius 2 is 1.55 bits per heavy atom. The number of hydrogen-bond acceptors (Lipinski definition) is 3. The Morgan fingerprint density at radius 3 is 2.10 bits per heavy atom. The Bertz CT molecular complexity index is 570.